The number of carboxylic acids is 1. The van der Waals surface area contributed by atoms with Crippen molar-refractivity contribution in [2.24, 2.45) is 0 Å². The van der Waals surface area contributed by atoms with Crippen LogP contribution in [-0.2, 0) is 36.2 Å². The second-order valence-corrected chi connectivity index (χ2v) is 13.7. The number of amides is 2. The van der Waals surface area contributed by atoms with Gasteiger partial charge in [-0.2, -0.15) is 18.2 Å². The summed E-state index contributed by atoms with van der Waals surface area (Å²) in [7, 11) is -1.99. The van der Waals surface area contributed by atoms with Gasteiger partial charge in [-0.05, 0) is 52.5 Å². The van der Waals surface area contributed by atoms with Crippen LogP contribution in [0.5, 0.6) is 0 Å². The van der Waals surface area contributed by atoms with Crippen molar-refractivity contribution >= 4 is 39.6 Å². The SMILES string of the molecule is CNS(=O)(=O)[C@H](C)CNc1nc(N2CCC(N3C(=O)CCCC3=O)CC2)c2c(n1)C(C)(C)CCC2.O=C(O)C(F)(F)F. The molecule has 42 heavy (non-hydrogen) atoms. The Bertz CT molecular complexity index is 1270. The molecule has 1 aromatic heterocycles. The number of anilines is 2. The number of halogens is 3. The Morgan fingerprint density at radius 1 is 1.10 bits per heavy atom. The van der Waals surface area contributed by atoms with Gasteiger partial charge in [0.25, 0.3) is 0 Å². The molecule has 2 fully saturated rings. The molecule has 16 heteroatoms. The van der Waals surface area contributed by atoms with E-state index in [1.807, 2.05) is 0 Å². The van der Waals surface area contributed by atoms with Gasteiger partial charge in [-0.3, -0.25) is 14.5 Å². The van der Waals surface area contributed by atoms with Crippen LogP contribution in [0.15, 0.2) is 0 Å². The number of rotatable bonds is 7. The summed E-state index contributed by atoms with van der Waals surface area (Å²) in [6.07, 6.45) is 0.922. The predicted molar refractivity (Wildman–Crippen MR) is 149 cm³/mol. The van der Waals surface area contributed by atoms with Gasteiger partial charge in [0.05, 0.1) is 10.9 Å². The number of piperidine rings is 2. The van der Waals surface area contributed by atoms with Crippen LogP contribution in [0.1, 0.15) is 77.0 Å². The lowest BCUT2D eigenvalue weighted by molar-refractivity contribution is -0.192. The summed E-state index contributed by atoms with van der Waals surface area (Å²) in [4.78, 5) is 47.2. The molecule has 0 aromatic carbocycles. The standard InChI is InChI=1S/C24H38N6O4S.C2HF3O2/c1-16(35(33,34)25-4)15-26-23-27-21-18(7-6-12-24(21,2)3)22(28-23)29-13-10-17(11-14-29)30-19(31)8-5-9-20(30)32;3-2(4,5)1(6)7/h16-17,25H,5-15H2,1-4H3,(H,26,27,28);(H,6,7)/t16-;/m1./s1. The predicted octanol–water partition coefficient (Wildman–Crippen LogP) is 2.58. The Kier molecular flexibility index (Phi) is 10.4. The van der Waals surface area contributed by atoms with Crippen LogP contribution in [0, 0.1) is 0 Å². The Balaban J connectivity index is 0.000000616. The van der Waals surface area contributed by atoms with E-state index in [2.05, 4.69) is 28.8 Å². The second-order valence-electron chi connectivity index (χ2n) is 11.4. The molecular formula is C26H39F3N6O6S. The van der Waals surface area contributed by atoms with E-state index in [-0.39, 0.29) is 29.8 Å². The molecule has 1 aliphatic carbocycles. The smallest absolute Gasteiger partial charge is 0.475 e. The zero-order valence-electron chi connectivity index (χ0n) is 24.3. The summed E-state index contributed by atoms with van der Waals surface area (Å²) >= 11 is 0. The average molecular weight is 621 g/mol. The van der Waals surface area contributed by atoms with Gasteiger partial charge in [0.2, 0.25) is 27.8 Å². The Morgan fingerprint density at radius 3 is 2.19 bits per heavy atom. The molecule has 0 saturated carbocycles. The maximum Gasteiger partial charge on any atom is 0.490 e. The molecule has 2 amide bonds. The highest BCUT2D eigenvalue weighted by Crippen LogP contribution is 2.40. The van der Waals surface area contributed by atoms with E-state index in [0.29, 0.717) is 38.3 Å². The summed E-state index contributed by atoms with van der Waals surface area (Å²) in [5.74, 6) is -1.51. The quantitative estimate of drug-likeness (QED) is 0.387. The molecule has 0 spiro atoms. The van der Waals surface area contributed by atoms with Crippen molar-refractivity contribution in [2.75, 3.05) is 36.9 Å². The van der Waals surface area contributed by atoms with E-state index in [1.54, 1.807) is 6.92 Å². The molecule has 1 atom stereocenters. The third-order valence-electron chi connectivity index (χ3n) is 7.91. The summed E-state index contributed by atoms with van der Waals surface area (Å²) in [5, 5.41) is 9.64. The normalized spacial score (nSPS) is 20.4. The van der Waals surface area contributed by atoms with Crippen LogP contribution in [0.25, 0.3) is 0 Å². The number of nitrogens with one attached hydrogen (secondary N) is 2. The topological polar surface area (TPSA) is 162 Å². The average Bonchev–Trinajstić information content (AvgIpc) is 2.91. The fraction of sp³-hybridized carbons (Fsp3) is 0.731. The van der Waals surface area contributed by atoms with E-state index in [0.717, 1.165) is 49.2 Å². The summed E-state index contributed by atoms with van der Waals surface area (Å²) in [6.45, 7) is 7.64. The van der Waals surface area contributed by atoms with Crippen LogP contribution in [-0.4, -0.2) is 90.3 Å². The van der Waals surface area contributed by atoms with Gasteiger partial charge in [0.15, 0.2) is 0 Å². The van der Waals surface area contributed by atoms with Gasteiger partial charge in [0, 0.05) is 49.5 Å². The van der Waals surface area contributed by atoms with Gasteiger partial charge in [-0.25, -0.2) is 22.9 Å². The molecule has 236 valence electrons. The van der Waals surface area contributed by atoms with Gasteiger partial charge < -0.3 is 15.3 Å². The molecule has 3 aliphatic rings. The van der Waals surface area contributed by atoms with Gasteiger partial charge >= 0.3 is 12.1 Å². The van der Waals surface area contributed by atoms with E-state index >= 15 is 0 Å². The molecule has 2 saturated heterocycles. The molecular weight excluding hydrogens is 581 g/mol. The first-order valence-corrected chi connectivity index (χ1v) is 15.5. The van der Waals surface area contributed by atoms with E-state index < -0.39 is 27.4 Å². The number of aromatic nitrogens is 2. The first kappa shape index (κ1) is 33.5. The van der Waals surface area contributed by atoms with Crippen molar-refractivity contribution < 1.29 is 41.1 Å². The third-order valence-corrected chi connectivity index (χ3v) is 9.70. The van der Waals surface area contributed by atoms with Gasteiger partial charge in [0.1, 0.15) is 5.82 Å². The molecule has 2 aliphatic heterocycles. The van der Waals surface area contributed by atoms with E-state index in [4.69, 9.17) is 19.9 Å². The lowest BCUT2D eigenvalue weighted by Crippen LogP contribution is -2.52. The summed E-state index contributed by atoms with van der Waals surface area (Å²) in [5.41, 5.74) is 2.07. The van der Waals surface area contributed by atoms with Crippen LogP contribution in [0.2, 0.25) is 0 Å². The number of fused-ring (bicyclic) bond motifs is 1. The lowest BCUT2D eigenvalue weighted by Gasteiger charge is -2.41. The number of hydrogen-bond acceptors (Lipinski definition) is 9. The second kappa shape index (κ2) is 13.1. The number of carboxylic acid groups (broad SMARTS) is 1. The van der Waals surface area contributed by atoms with Gasteiger partial charge in [-0.15, -0.1) is 0 Å². The van der Waals surface area contributed by atoms with Crippen molar-refractivity contribution in [1.29, 1.82) is 0 Å². The Labute approximate surface area is 243 Å². The number of hydrogen-bond donors (Lipinski definition) is 3. The molecule has 12 nitrogen and oxygen atoms in total. The number of aliphatic carboxylic acids is 1. The summed E-state index contributed by atoms with van der Waals surface area (Å²) < 4.78 is 58.4. The molecule has 4 rings (SSSR count). The zero-order valence-corrected chi connectivity index (χ0v) is 25.1. The van der Waals surface area contributed by atoms with Crippen LogP contribution < -0.4 is 14.9 Å². The zero-order chi connectivity index (χ0) is 31.5. The van der Waals surface area contributed by atoms with Crippen LogP contribution in [0.3, 0.4) is 0 Å². The number of carbonyl (C=O) groups excluding carboxylic acids is 2. The highest BCUT2D eigenvalue weighted by atomic mass is 32.2. The highest BCUT2D eigenvalue weighted by Gasteiger charge is 2.39. The molecule has 1 aromatic rings. The van der Waals surface area contributed by atoms with Crippen LogP contribution in [0.4, 0.5) is 24.9 Å². The molecule has 3 N–H and O–H groups in total. The number of sulfonamides is 1. The Hall–Kier alpha value is -3.01. The maximum absolute atomic E-state index is 12.4. The monoisotopic (exact) mass is 620 g/mol. The number of alkyl halides is 3. The minimum atomic E-state index is -5.08. The Morgan fingerprint density at radius 2 is 1.67 bits per heavy atom. The summed E-state index contributed by atoms with van der Waals surface area (Å²) in [6, 6.07) is -0.0501. The fourth-order valence-corrected chi connectivity index (χ4v) is 6.19. The molecule has 0 unspecified atom stereocenters. The fourth-order valence-electron chi connectivity index (χ4n) is 5.49. The number of likely N-dealkylation sites (tertiary alicyclic amines) is 1. The number of carbonyl (C=O) groups is 3. The van der Waals surface area contributed by atoms with E-state index in [1.165, 1.54) is 11.9 Å². The first-order valence-electron chi connectivity index (χ1n) is 14.0. The van der Waals surface area contributed by atoms with Gasteiger partial charge in [-0.1, -0.05) is 13.8 Å². The highest BCUT2D eigenvalue weighted by molar-refractivity contribution is 7.90. The van der Waals surface area contributed by atoms with Crippen molar-refractivity contribution in [3.63, 3.8) is 0 Å². The number of nitrogens with zero attached hydrogens (tertiary/aromatic N) is 4. The lowest BCUT2D eigenvalue weighted by atomic mass is 9.76. The van der Waals surface area contributed by atoms with Crippen molar-refractivity contribution in [3.8, 4) is 0 Å². The maximum atomic E-state index is 12.4. The van der Waals surface area contributed by atoms with Crippen LogP contribution >= 0.6 is 0 Å². The molecule has 0 radical (unpaired) electrons. The van der Waals surface area contributed by atoms with Crippen molar-refractivity contribution in [2.45, 2.75) is 95.0 Å². The van der Waals surface area contributed by atoms with E-state index in [9.17, 15) is 31.2 Å². The number of imide groups is 1. The minimum Gasteiger partial charge on any atom is -0.475 e. The third kappa shape index (κ3) is 7.88. The molecule has 3 heterocycles. The van der Waals surface area contributed by atoms with Crippen molar-refractivity contribution in [3.05, 3.63) is 11.3 Å². The molecule has 0 bridgehead atoms. The minimum absolute atomic E-state index is 0.0435. The largest absolute Gasteiger partial charge is 0.490 e. The van der Waals surface area contributed by atoms with Crippen molar-refractivity contribution in [1.82, 2.24) is 19.6 Å². The first-order chi connectivity index (χ1) is 19.5.